The summed E-state index contributed by atoms with van der Waals surface area (Å²) in [5.74, 6) is -1.04. The Kier molecular flexibility index (Phi) is 5.31. The maximum Gasteiger partial charge on any atom is 0.304 e. The van der Waals surface area contributed by atoms with Crippen LogP contribution >= 0.6 is 0 Å². The van der Waals surface area contributed by atoms with Crippen LogP contribution in [0.5, 0.6) is 0 Å². The van der Waals surface area contributed by atoms with Gasteiger partial charge in [0.15, 0.2) is 5.70 Å². The van der Waals surface area contributed by atoms with E-state index in [1.54, 1.807) is 6.92 Å². The van der Waals surface area contributed by atoms with Gasteiger partial charge in [0.1, 0.15) is 0 Å². The Hall–Kier alpha value is -0.920. The summed E-state index contributed by atoms with van der Waals surface area (Å²) in [6.45, 7) is 5.48. The second-order valence-electron chi connectivity index (χ2n) is 5.02. The van der Waals surface area contributed by atoms with E-state index >= 15 is 0 Å². The summed E-state index contributed by atoms with van der Waals surface area (Å²) >= 11 is 0. The first-order valence-corrected chi connectivity index (χ1v) is 6.78. The molecule has 0 aliphatic heterocycles. The molecule has 0 fully saturated rings. The van der Waals surface area contributed by atoms with Gasteiger partial charge in [0.25, 0.3) is 10.1 Å². The molecule has 1 unspecified atom stereocenters. The highest BCUT2D eigenvalue weighted by molar-refractivity contribution is 7.85. The van der Waals surface area contributed by atoms with Crippen molar-refractivity contribution >= 4 is 16.0 Å². The van der Waals surface area contributed by atoms with Crippen molar-refractivity contribution in [2.45, 2.75) is 6.92 Å². The minimum Gasteiger partial charge on any atom is -0.347 e. The average molecular weight is 265 g/mol. The summed E-state index contributed by atoms with van der Waals surface area (Å²) < 4.78 is 30.1. The van der Waals surface area contributed by atoms with Crippen molar-refractivity contribution in [2.24, 2.45) is 5.92 Å². The van der Waals surface area contributed by atoms with E-state index in [9.17, 15) is 13.2 Å². The van der Waals surface area contributed by atoms with E-state index < -0.39 is 10.1 Å². The third kappa shape index (κ3) is 7.09. The van der Waals surface area contributed by atoms with Crippen LogP contribution in [-0.2, 0) is 14.9 Å². The third-order valence-electron chi connectivity index (χ3n) is 2.18. The molecule has 0 aromatic carbocycles. The molecule has 100 valence electrons. The predicted octanol–water partition coefficient (Wildman–Crippen LogP) is -0.154. The Bertz CT molecular complexity index is 395. The maximum atomic E-state index is 11.6. The molecule has 17 heavy (non-hydrogen) atoms. The van der Waals surface area contributed by atoms with Crippen molar-refractivity contribution in [3.05, 3.63) is 12.3 Å². The minimum atomic E-state index is -4.00. The van der Waals surface area contributed by atoms with Gasteiger partial charge in [-0.15, -0.1) is 0 Å². The monoisotopic (exact) mass is 265 g/mol. The van der Waals surface area contributed by atoms with Crippen LogP contribution in [0, 0.1) is 5.92 Å². The van der Waals surface area contributed by atoms with Crippen LogP contribution in [0.4, 0.5) is 0 Å². The largest absolute Gasteiger partial charge is 0.347 e. The number of rotatable bonds is 6. The van der Waals surface area contributed by atoms with Crippen LogP contribution in [-0.4, -0.2) is 56.8 Å². The molecule has 0 aliphatic carbocycles. The molecule has 0 bridgehead atoms. The van der Waals surface area contributed by atoms with Crippen LogP contribution in [0.15, 0.2) is 12.3 Å². The van der Waals surface area contributed by atoms with Crippen LogP contribution < -0.4 is 5.32 Å². The fourth-order valence-electron chi connectivity index (χ4n) is 1.09. The number of nitrogens with one attached hydrogen (secondary N) is 1. The first kappa shape index (κ1) is 16.1. The van der Waals surface area contributed by atoms with Crippen molar-refractivity contribution in [1.29, 1.82) is 0 Å². The molecule has 0 aliphatic rings. The quantitative estimate of drug-likeness (QED) is 0.397. The minimum absolute atomic E-state index is 0.178. The van der Waals surface area contributed by atoms with Gasteiger partial charge in [-0.3, -0.25) is 13.8 Å². The van der Waals surface area contributed by atoms with Gasteiger partial charge in [-0.1, -0.05) is 6.92 Å². The molecular formula is C10H21N2O4S+. The van der Waals surface area contributed by atoms with Crippen molar-refractivity contribution in [3.63, 3.8) is 0 Å². The molecule has 0 saturated carbocycles. The molecule has 0 spiro atoms. The second kappa shape index (κ2) is 5.61. The standard InChI is InChI=1S/C10H20N2O4S/c1-8(7-17(14,15)16)6-11-10(13)9(2)12(3,4)5/h8H,2,6-7H2,1,3-5H3,(H-,11,13,14,15,16)/p+1. The van der Waals surface area contributed by atoms with Gasteiger partial charge >= 0.3 is 5.91 Å². The fraction of sp³-hybridized carbons (Fsp3) is 0.700. The van der Waals surface area contributed by atoms with Gasteiger partial charge in [-0.25, -0.2) is 0 Å². The Labute approximate surface area is 103 Å². The SMILES string of the molecule is C=C(C(=O)NCC(C)CS(=O)(=O)O)[N+](C)(C)C. The van der Waals surface area contributed by atoms with Gasteiger partial charge in [0.05, 0.1) is 26.9 Å². The number of hydrogen-bond donors (Lipinski definition) is 2. The Morgan fingerprint density at radius 3 is 2.24 bits per heavy atom. The molecule has 0 rings (SSSR count). The molecule has 1 atom stereocenters. The number of hydrogen-bond acceptors (Lipinski definition) is 3. The molecule has 0 aromatic heterocycles. The lowest BCUT2D eigenvalue weighted by molar-refractivity contribution is -0.826. The van der Waals surface area contributed by atoms with Crippen molar-refractivity contribution < 1.29 is 22.2 Å². The summed E-state index contributed by atoms with van der Waals surface area (Å²) in [6.07, 6.45) is 0. The van der Waals surface area contributed by atoms with Crippen molar-refractivity contribution in [3.8, 4) is 0 Å². The lowest BCUT2D eigenvalue weighted by Gasteiger charge is -2.24. The van der Waals surface area contributed by atoms with E-state index in [1.165, 1.54) is 0 Å². The zero-order chi connectivity index (χ0) is 13.9. The van der Waals surface area contributed by atoms with Crippen LogP contribution in [0.25, 0.3) is 0 Å². The Morgan fingerprint density at radius 2 is 1.88 bits per heavy atom. The summed E-state index contributed by atoms with van der Waals surface area (Å²) in [6, 6.07) is 0. The number of nitrogens with zero attached hydrogens (tertiary/aromatic N) is 1. The topological polar surface area (TPSA) is 83.5 Å². The summed E-state index contributed by atoms with van der Waals surface area (Å²) in [5.41, 5.74) is 0.379. The van der Waals surface area contributed by atoms with E-state index in [2.05, 4.69) is 11.9 Å². The zero-order valence-corrected chi connectivity index (χ0v) is 11.5. The summed E-state index contributed by atoms with van der Waals surface area (Å²) in [7, 11) is 1.43. The number of carbonyl (C=O) groups is 1. The Balaban J connectivity index is 4.23. The summed E-state index contributed by atoms with van der Waals surface area (Å²) in [4.78, 5) is 11.6. The van der Waals surface area contributed by atoms with Gasteiger partial charge in [-0.2, -0.15) is 8.42 Å². The van der Waals surface area contributed by atoms with Crippen molar-refractivity contribution in [1.82, 2.24) is 5.32 Å². The van der Waals surface area contributed by atoms with Gasteiger partial charge in [0.2, 0.25) is 0 Å². The molecule has 1 amide bonds. The van der Waals surface area contributed by atoms with E-state index in [4.69, 9.17) is 4.55 Å². The van der Waals surface area contributed by atoms with E-state index in [-0.39, 0.29) is 24.1 Å². The van der Waals surface area contributed by atoms with Gasteiger partial charge < -0.3 is 5.32 Å². The molecule has 0 aromatic rings. The molecule has 0 radical (unpaired) electrons. The molecule has 0 heterocycles. The number of carbonyl (C=O) groups excluding carboxylic acids is 1. The highest BCUT2D eigenvalue weighted by atomic mass is 32.2. The average Bonchev–Trinajstić information content (AvgIpc) is 2.08. The van der Waals surface area contributed by atoms with Crippen LogP contribution in [0.2, 0.25) is 0 Å². The third-order valence-corrected chi connectivity index (χ3v) is 3.17. The highest BCUT2D eigenvalue weighted by Gasteiger charge is 2.22. The first-order valence-electron chi connectivity index (χ1n) is 5.17. The van der Waals surface area contributed by atoms with E-state index in [0.717, 1.165) is 0 Å². The Morgan fingerprint density at radius 1 is 1.41 bits per heavy atom. The maximum absolute atomic E-state index is 11.6. The van der Waals surface area contributed by atoms with E-state index in [0.29, 0.717) is 10.2 Å². The smallest absolute Gasteiger partial charge is 0.304 e. The second-order valence-corrected chi connectivity index (χ2v) is 6.52. The first-order chi connectivity index (χ1) is 7.43. The van der Waals surface area contributed by atoms with Crippen LogP contribution in [0.1, 0.15) is 6.92 Å². The lowest BCUT2D eigenvalue weighted by Crippen LogP contribution is -2.42. The van der Waals surface area contributed by atoms with Crippen LogP contribution in [0.3, 0.4) is 0 Å². The number of amides is 1. The zero-order valence-electron chi connectivity index (χ0n) is 10.7. The molecule has 2 N–H and O–H groups in total. The predicted molar refractivity (Wildman–Crippen MR) is 65.8 cm³/mol. The van der Waals surface area contributed by atoms with Gasteiger partial charge in [-0.05, 0) is 12.5 Å². The lowest BCUT2D eigenvalue weighted by atomic mass is 10.2. The van der Waals surface area contributed by atoms with Gasteiger partial charge in [0, 0.05) is 6.54 Å². The van der Waals surface area contributed by atoms with Crippen molar-refractivity contribution in [2.75, 3.05) is 33.4 Å². The molecular weight excluding hydrogens is 244 g/mol. The number of quaternary nitrogens is 1. The van der Waals surface area contributed by atoms with E-state index in [1.807, 2.05) is 21.1 Å². The summed E-state index contributed by atoms with van der Waals surface area (Å²) in [5, 5.41) is 2.58. The molecule has 0 saturated heterocycles. The molecule has 7 heteroatoms. The molecule has 6 nitrogen and oxygen atoms in total. The number of likely N-dealkylation sites (N-methyl/N-ethyl adjacent to an activating group) is 1. The highest BCUT2D eigenvalue weighted by Crippen LogP contribution is 2.05. The fourth-order valence-corrected chi connectivity index (χ4v) is 1.93. The normalized spacial score (nSPS) is 14.2.